The van der Waals surface area contributed by atoms with Gasteiger partial charge in [-0.05, 0) is 6.92 Å². The van der Waals surface area contributed by atoms with Gasteiger partial charge in [0.05, 0.1) is 31.6 Å². The number of ether oxygens (including phenoxy) is 2. The smallest absolute Gasteiger partial charge is 0.308 e. The Bertz CT molecular complexity index is 174. The van der Waals surface area contributed by atoms with Crippen LogP contribution in [0.1, 0.15) is 19.8 Å². The number of nitriles is 1. The van der Waals surface area contributed by atoms with E-state index in [4.69, 9.17) is 14.7 Å². The van der Waals surface area contributed by atoms with E-state index >= 15 is 0 Å². The van der Waals surface area contributed by atoms with Gasteiger partial charge in [0, 0.05) is 7.11 Å². The van der Waals surface area contributed by atoms with Crippen molar-refractivity contribution in [2.24, 2.45) is 0 Å². The Balaban J connectivity index is 3.70. The highest BCUT2D eigenvalue weighted by Crippen LogP contribution is 2.02. The lowest BCUT2D eigenvalue weighted by atomic mass is 10.2. The third kappa shape index (κ3) is 4.69. The summed E-state index contributed by atoms with van der Waals surface area (Å²) in [5.41, 5.74) is 0. The molecule has 0 aliphatic carbocycles. The molecule has 4 nitrogen and oxygen atoms in total. The maximum absolute atomic E-state index is 10.9. The van der Waals surface area contributed by atoms with Crippen molar-refractivity contribution in [2.45, 2.75) is 25.9 Å². The number of rotatable bonds is 5. The normalized spacial score (nSPS) is 11.8. The summed E-state index contributed by atoms with van der Waals surface area (Å²) in [7, 11) is 1.47. The Labute approximate surface area is 72.1 Å². The van der Waals surface area contributed by atoms with Crippen molar-refractivity contribution < 1.29 is 14.3 Å². The van der Waals surface area contributed by atoms with Crippen LogP contribution in [0, 0.1) is 11.3 Å². The minimum atomic E-state index is -0.339. The lowest BCUT2D eigenvalue weighted by Gasteiger charge is -2.09. The predicted octanol–water partition coefficient (Wildman–Crippen LogP) is 0.868. The highest BCUT2D eigenvalue weighted by atomic mass is 16.5. The van der Waals surface area contributed by atoms with Crippen molar-refractivity contribution in [3.05, 3.63) is 0 Å². The largest absolute Gasteiger partial charge is 0.466 e. The van der Waals surface area contributed by atoms with Crippen molar-refractivity contribution in [2.75, 3.05) is 13.7 Å². The maximum Gasteiger partial charge on any atom is 0.308 e. The van der Waals surface area contributed by atoms with E-state index in [1.54, 1.807) is 6.92 Å². The molecule has 12 heavy (non-hydrogen) atoms. The van der Waals surface area contributed by atoms with Crippen LogP contribution in [0.3, 0.4) is 0 Å². The second kappa shape index (κ2) is 6.62. The maximum atomic E-state index is 10.9. The molecule has 0 aromatic carbocycles. The third-order valence-electron chi connectivity index (χ3n) is 1.35. The Morgan fingerprint density at radius 1 is 1.67 bits per heavy atom. The first kappa shape index (κ1) is 10.9. The second-order valence-corrected chi connectivity index (χ2v) is 2.23. The van der Waals surface area contributed by atoms with Gasteiger partial charge in [-0.2, -0.15) is 5.26 Å². The first-order chi connectivity index (χ1) is 5.74. The quantitative estimate of drug-likeness (QED) is 0.576. The Morgan fingerprint density at radius 2 is 2.33 bits per heavy atom. The molecule has 0 N–H and O–H groups in total. The average Bonchev–Trinajstić information content (AvgIpc) is 2.04. The molecule has 0 bridgehead atoms. The van der Waals surface area contributed by atoms with Gasteiger partial charge >= 0.3 is 5.97 Å². The molecule has 0 saturated heterocycles. The molecule has 0 amide bonds. The summed E-state index contributed by atoms with van der Waals surface area (Å²) >= 11 is 0. The molecule has 4 heteroatoms. The Hall–Kier alpha value is -1.08. The van der Waals surface area contributed by atoms with Crippen LogP contribution >= 0.6 is 0 Å². The van der Waals surface area contributed by atoms with Gasteiger partial charge in [-0.15, -0.1) is 0 Å². The first-order valence-electron chi connectivity index (χ1n) is 3.80. The van der Waals surface area contributed by atoms with Gasteiger partial charge in [-0.25, -0.2) is 0 Å². The third-order valence-corrected chi connectivity index (χ3v) is 1.35. The lowest BCUT2D eigenvalue weighted by molar-refractivity contribution is -0.145. The van der Waals surface area contributed by atoms with E-state index in [0.29, 0.717) is 6.61 Å². The molecule has 0 aromatic heterocycles. The molecule has 0 aromatic rings. The van der Waals surface area contributed by atoms with Gasteiger partial charge in [-0.1, -0.05) is 0 Å². The Morgan fingerprint density at radius 3 is 2.75 bits per heavy atom. The number of nitrogens with zero attached hydrogens (tertiary/aromatic N) is 1. The fraction of sp³-hybridized carbons (Fsp3) is 0.750. The van der Waals surface area contributed by atoms with Crippen molar-refractivity contribution in [1.82, 2.24) is 0 Å². The molecule has 1 atom stereocenters. The molecule has 0 rings (SSSR count). The number of esters is 1. The molecule has 0 unspecified atom stereocenters. The summed E-state index contributed by atoms with van der Waals surface area (Å²) < 4.78 is 9.58. The van der Waals surface area contributed by atoms with Crippen LogP contribution in [0.4, 0.5) is 0 Å². The van der Waals surface area contributed by atoms with E-state index in [1.807, 2.05) is 6.07 Å². The van der Waals surface area contributed by atoms with Crippen LogP contribution in [-0.2, 0) is 14.3 Å². The second-order valence-electron chi connectivity index (χ2n) is 2.23. The van der Waals surface area contributed by atoms with Crippen LogP contribution in [-0.4, -0.2) is 25.8 Å². The monoisotopic (exact) mass is 171 g/mol. The molecule has 0 fully saturated rings. The van der Waals surface area contributed by atoms with Crippen molar-refractivity contribution in [3.63, 3.8) is 0 Å². The van der Waals surface area contributed by atoms with E-state index in [2.05, 4.69) is 0 Å². The standard InChI is InChI=1S/C8H13NO3/c1-3-12-8(10)6-7(11-2)4-5-9/h7H,3-4,6H2,1-2H3/t7-/m1/s1. The number of methoxy groups -OCH3 is 1. The number of carbonyl (C=O) groups excluding carboxylic acids is 1. The summed E-state index contributed by atoms with van der Waals surface area (Å²) in [6, 6.07) is 1.93. The van der Waals surface area contributed by atoms with Gasteiger partial charge in [0.2, 0.25) is 0 Å². The summed E-state index contributed by atoms with van der Waals surface area (Å²) in [6.07, 6.45) is 0.0294. The van der Waals surface area contributed by atoms with E-state index in [1.165, 1.54) is 7.11 Å². The SMILES string of the molecule is CCOC(=O)C[C@@H](CC#N)OC. The molecule has 0 saturated carbocycles. The van der Waals surface area contributed by atoms with E-state index < -0.39 is 0 Å². The lowest BCUT2D eigenvalue weighted by Crippen LogP contribution is -2.17. The minimum Gasteiger partial charge on any atom is -0.466 e. The molecule has 0 spiro atoms. The van der Waals surface area contributed by atoms with Gasteiger partial charge in [0.1, 0.15) is 0 Å². The average molecular weight is 171 g/mol. The highest BCUT2D eigenvalue weighted by Gasteiger charge is 2.12. The Kier molecular flexibility index (Phi) is 6.02. The minimum absolute atomic E-state index is 0.151. The van der Waals surface area contributed by atoms with Gasteiger partial charge in [0.15, 0.2) is 0 Å². The fourth-order valence-corrected chi connectivity index (χ4v) is 0.746. The van der Waals surface area contributed by atoms with Crippen LogP contribution in [0.15, 0.2) is 0 Å². The van der Waals surface area contributed by atoms with Crippen molar-refractivity contribution in [3.8, 4) is 6.07 Å². The molecular formula is C8H13NO3. The van der Waals surface area contributed by atoms with Crippen LogP contribution < -0.4 is 0 Å². The molecule has 0 heterocycles. The van der Waals surface area contributed by atoms with Crippen molar-refractivity contribution in [1.29, 1.82) is 5.26 Å². The highest BCUT2D eigenvalue weighted by molar-refractivity contribution is 5.69. The van der Waals surface area contributed by atoms with Crippen LogP contribution in [0.25, 0.3) is 0 Å². The van der Waals surface area contributed by atoms with E-state index in [9.17, 15) is 4.79 Å². The summed E-state index contributed by atoms with van der Waals surface area (Å²) in [5, 5.41) is 8.33. The van der Waals surface area contributed by atoms with Crippen molar-refractivity contribution >= 4 is 5.97 Å². The zero-order valence-corrected chi connectivity index (χ0v) is 7.37. The van der Waals surface area contributed by atoms with Crippen LogP contribution in [0.5, 0.6) is 0 Å². The zero-order chi connectivity index (χ0) is 9.40. The number of hydrogen-bond donors (Lipinski definition) is 0. The summed E-state index contributed by atoms with van der Waals surface area (Å²) in [4.78, 5) is 10.9. The predicted molar refractivity (Wildman–Crippen MR) is 42.3 cm³/mol. The molecule has 0 radical (unpaired) electrons. The molecule has 68 valence electrons. The van der Waals surface area contributed by atoms with Crippen LogP contribution in [0.2, 0.25) is 0 Å². The fourth-order valence-electron chi connectivity index (χ4n) is 0.746. The molecular weight excluding hydrogens is 158 g/mol. The van der Waals surface area contributed by atoms with E-state index in [-0.39, 0.29) is 24.9 Å². The summed E-state index contributed by atoms with van der Waals surface area (Å²) in [5.74, 6) is -0.320. The molecule has 0 aliphatic heterocycles. The van der Waals surface area contributed by atoms with E-state index in [0.717, 1.165) is 0 Å². The number of carbonyl (C=O) groups is 1. The van der Waals surface area contributed by atoms with Gasteiger partial charge < -0.3 is 9.47 Å². The molecule has 0 aliphatic rings. The zero-order valence-electron chi connectivity index (χ0n) is 7.37. The topological polar surface area (TPSA) is 59.3 Å². The first-order valence-corrected chi connectivity index (χ1v) is 3.80. The van der Waals surface area contributed by atoms with Gasteiger partial charge in [0.25, 0.3) is 0 Å². The summed E-state index contributed by atoms with van der Waals surface area (Å²) in [6.45, 7) is 2.10. The van der Waals surface area contributed by atoms with Gasteiger partial charge in [-0.3, -0.25) is 4.79 Å². The number of hydrogen-bond acceptors (Lipinski definition) is 4.